The van der Waals surface area contributed by atoms with E-state index < -0.39 is 12.0 Å². The number of carboxylic acids is 1. The van der Waals surface area contributed by atoms with E-state index in [1.54, 1.807) is 42.6 Å². The third-order valence-corrected chi connectivity index (χ3v) is 4.34. The molecule has 0 saturated heterocycles. The Morgan fingerprint density at radius 3 is 2.53 bits per heavy atom. The molecule has 9 heteroatoms. The lowest BCUT2D eigenvalue weighted by Gasteiger charge is -2.18. The molecule has 0 spiro atoms. The zero-order valence-corrected chi connectivity index (χ0v) is 17.4. The van der Waals surface area contributed by atoms with E-state index in [0.717, 1.165) is 17.1 Å². The van der Waals surface area contributed by atoms with Gasteiger partial charge in [0, 0.05) is 16.8 Å². The fraction of sp³-hybridized carbons (Fsp3) is 0.190. The number of hydrogen-bond donors (Lipinski definition) is 5. The molecule has 0 saturated carbocycles. The van der Waals surface area contributed by atoms with Crippen LogP contribution in [0.3, 0.4) is 0 Å². The molecule has 1 heterocycles. The van der Waals surface area contributed by atoms with E-state index >= 15 is 0 Å². The number of nitrogens with two attached hydrogens (primary N) is 1. The Morgan fingerprint density at radius 2 is 2.00 bits per heavy atom. The Bertz CT molecular complexity index is 1030. The first kappa shape index (κ1) is 22.8. The zero-order chi connectivity index (χ0) is 21.0. The highest BCUT2D eigenvalue weighted by atomic mass is 35.5. The van der Waals surface area contributed by atoms with Gasteiger partial charge in [0.1, 0.15) is 17.4 Å². The van der Waals surface area contributed by atoms with Crippen molar-refractivity contribution < 1.29 is 14.6 Å². The molecule has 0 amide bonds. The molecule has 1 unspecified atom stereocenters. The summed E-state index contributed by atoms with van der Waals surface area (Å²) < 4.78 is 5.65. The summed E-state index contributed by atoms with van der Waals surface area (Å²) in [5.41, 5.74) is 8.74. The summed E-state index contributed by atoms with van der Waals surface area (Å²) in [6, 6.07) is 11.1. The van der Waals surface area contributed by atoms with Gasteiger partial charge in [-0.05, 0) is 61.9 Å². The zero-order valence-electron chi connectivity index (χ0n) is 16.6. The Balaban J connectivity index is 0.00000320. The number of halogens is 1. The molecule has 1 aromatic heterocycles. The van der Waals surface area contributed by atoms with Gasteiger partial charge in [0.2, 0.25) is 0 Å². The fourth-order valence-corrected chi connectivity index (χ4v) is 2.96. The van der Waals surface area contributed by atoms with Crippen LogP contribution < -0.4 is 15.8 Å². The number of aromatic amines is 1. The Hall–Kier alpha value is -3.52. The minimum absolute atomic E-state index is 0. The topological polar surface area (TPSA) is 137 Å². The van der Waals surface area contributed by atoms with Gasteiger partial charge in [-0.2, -0.15) is 0 Å². The maximum absolute atomic E-state index is 12.0. The second-order valence-electron chi connectivity index (χ2n) is 6.51. The number of hydrogen-bond acceptors (Lipinski definition) is 5. The van der Waals surface area contributed by atoms with Crippen molar-refractivity contribution in [3.8, 4) is 17.0 Å². The van der Waals surface area contributed by atoms with Crippen molar-refractivity contribution in [3.05, 3.63) is 65.6 Å². The average Bonchev–Trinajstić information content (AvgIpc) is 3.12. The van der Waals surface area contributed by atoms with Gasteiger partial charge in [-0.1, -0.05) is 0 Å². The molecule has 3 aromatic rings. The number of aromatic nitrogens is 2. The molecular formula is C21H24ClN5O3. The van der Waals surface area contributed by atoms with Crippen LogP contribution in [-0.4, -0.2) is 33.5 Å². The molecule has 30 heavy (non-hydrogen) atoms. The lowest BCUT2D eigenvalue weighted by molar-refractivity contribution is -0.138. The summed E-state index contributed by atoms with van der Waals surface area (Å²) >= 11 is 0. The van der Waals surface area contributed by atoms with Gasteiger partial charge in [0.15, 0.2) is 6.04 Å². The van der Waals surface area contributed by atoms with Crippen molar-refractivity contribution in [2.45, 2.75) is 19.9 Å². The number of nitrogens with zero attached hydrogens (tertiary/aromatic N) is 1. The normalized spacial score (nSPS) is 11.3. The molecule has 158 valence electrons. The van der Waals surface area contributed by atoms with Crippen molar-refractivity contribution >= 4 is 29.9 Å². The number of anilines is 1. The molecule has 2 aromatic carbocycles. The Morgan fingerprint density at radius 1 is 1.30 bits per heavy atom. The van der Waals surface area contributed by atoms with E-state index in [0.29, 0.717) is 29.2 Å². The third-order valence-electron chi connectivity index (χ3n) is 4.34. The summed E-state index contributed by atoms with van der Waals surface area (Å²) in [4.78, 5) is 19.4. The van der Waals surface area contributed by atoms with Gasteiger partial charge >= 0.3 is 5.97 Å². The van der Waals surface area contributed by atoms with Gasteiger partial charge in [-0.3, -0.25) is 5.41 Å². The number of nitrogen functional groups attached to an aromatic ring is 1. The molecule has 8 nitrogen and oxygen atoms in total. The molecular weight excluding hydrogens is 406 g/mol. The predicted octanol–water partition coefficient (Wildman–Crippen LogP) is 3.73. The molecule has 0 bridgehead atoms. The Labute approximate surface area is 180 Å². The van der Waals surface area contributed by atoms with Crippen molar-refractivity contribution in [3.63, 3.8) is 0 Å². The van der Waals surface area contributed by atoms with Crippen LogP contribution in [0.25, 0.3) is 11.3 Å². The smallest absolute Gasteiger partial charge is 0.330 e. The van der Waals surface area contributed by atoms with Crippen LogP contribution in [-0.2, 0) is 4.79 Å². The van der Waals surface area contributed by atoms with Crippen LogP contribution in [0.2, 0.25) is 0 Å². The van der Waals surface area contributed by atoms with Crippen molar-refractivity contribution in [1.82, 2.24) is 9.97 Å². The van der Waals surface area contributed by atoms with Gasteiger partial charge in [0.25, 0.3) is 0 Å². The van der Waals surface area contributed by atoms with E-state index in [-0.39, 0.29) is 18.2 Å². The lowest BCUT2D eigenvalue weighted by Crippen LogP contribution is -2.21. The summed E-state index contributed by atoms with van der Waals surface area (Å²) in [5, 5.41) is 20.3. The highest BCUT2D eigenvalue weighted by Gasteiger charge is 2.22. The summed E-state index contributed by atoms with van der Waals surface area (Å²) in [6.07, 6.45) is 1.70. The van der Waals surface area contributed by atoms with Crippen molar-refractivity contribution in [2.24, 2.45) is 5.73 Å². The van der Waals surface area contributed by atoms with Crippen LogP contribution in [0.15, 0.2) is 48.7 Å². The maximum atomic E-state index is 12.0. The van der Waals surface area contributed by atoms with Gasteiger partial charge < -0.3 is 25.9 Å². The molecule has 6 N–H and O–H groups in total. The SMILES string of the molecule is CCOc1cc(-c2cnc(C)[nH]2)cc(C(Nc2ccc(C(=N)N)cc2)C(=O)O)c1.Cl. The number of nitrogens with one attached hydrogen (secondary N) is 3. The molecule has 0 aliphatic rings. The third kappa shape index (κ3) is 5.30. The van der Waals surface area contributed by atoms with Crippen LogP contribution >= 0.6 is 12.4 Å². The number of amidine groups is 1. The largest absolute Gasteiger partial charge is 0.494 e. The highest BCUT2D eigenvalue weighted by Crippen LogP contribution is 2.30. The Kier molecular flexibility index (Phi) is 7.43. The number of ether oxygens (including phenoxy) is 1. The number of carbonyl (C=O) groups is 1. The van der Waals surface area contributed by atoms with Gasteiger partial charge in [-0.25, -0.2) is 9.78 Å². The van der Waals surface area contributed by atoms with Crippen molar-refractivity contribution in [1.29, 1.82) is 5.41 Å². The van der Waals surface area contributed by atoms with Gasteiger partial charge in [0.05, 0.1) is 18.5 Å². The van der Waals surface area contributed by atoms with E-state index in [1.807, 2.05) is 19.9 Å². The summed E-state index contributed by atoms with van der Waals surface area (Å²) in [7, 11) is 0. The first-order valence-electron chi connectivity index (χ1n) is 9.11. The van der Waals surface area contributed by atoms with E-state index in [9.17, 15) is 9.90 Å². The summed E-state index contributed by atoms with van der Waals surface area (Å²) in [6.45, 7) is 4.18. The number of benzene rings is 2. The monoisotopic (exact) mass is 429 g/mol. The van der Waals surface area contributed by atoms with Gasteiger partial charge in [-0.15, -0.1) is 12.4 Å². The number of H-pyrrole nitrogens is 1. The molecule has 0 radical (unpaired) electrons. The summed E-state index contributed by atoms with van der Waals surface area (Å²) in [5.74, 6) is 0.269. The van der Waals surface area contributed by atoms with E-state index in [1.165, 1.54) is 0 Å². The van der Waals surface area contributed by atoms with Crippen LogP contribution in [0.4, 0.5) is 5.69 Å². The average molecular weight is 430 g/mol. The van der Waals surface area contributed by atoms with Crippen molar-refractivity contribution in [2.75, 3.05) is 11.9 Å². The molecule has 0 aliphatic carbocycles. The number of aliphatic carboxylic acids is 1. The first-order chi connectivity index (χ1) is 13.9. The number of imidazole rings is 1. The second-order valence-corrected chi connectivity index (χ2v) is 6.51. The van der Waals surface area contributed by atoms with Crippen LogP contribution in [0, 0.1) is 12.3 Å². The fourth-order valence-electron chi connectivity index (χ4n) is 2.96. The number of rotatable bonds is 8. The predicted molar refractivity (Wildman–Crippen MR) is 119 cm³/mol. The quantitative estimate of drug-likeness (QED) is 0.273. The highest BCUT2D eigenvalue weighted by molar-refractivity contribution is 5.95. The lowest BCUT2D eigenvalue weighted by atomic mass is 10.0. The van der Waals surface area contributed by atoms with E-state index in [4.69, 9.17) is 15.9 Å². The second kappa shape index (κ2) is 9.80. The van der Waals surface area contributed by atoms with Crippen LogP contribution in [0.1, 0.15) is 29.9 Å². The standard InChI is InChI=1S/C21H23N5O3.ClH/c1-3-29-17-9-14(18-11-24-12(2)25-18)8-15(10-17)19(21(27)28)26-16-6-4-13(5-7-16)20(22)23;/h4-11,19,26H,3H2,1-2H3,(H3,22,23)(H,24,25)(H,27,28);1H. The molecule has 1 atom stereocenters. The molecule has 0 fully saturated rings. The molecule has 3 rings (SSSR count). The first-order valence-corrected chi connectivity index (χ1v) is 9.11. The van der Waals surface area contributed by atoms with E-state index in [2.05, 4.69) is 15.3 Å². The number of aryl methyl sites for hydroxylation is 1. The minimum atomic E-state index is -1.03. The number of carboxylic acid groups (broad SMARTS) is 1. The maximum Gasteiger partial charge on any atom is 0.330 e. The molecule has 0 aliphatic heterocycles. The minimum Gasteiger partial charge on any atom is -0.494 e. The van der Waals surface area contributed by atoms with Crippen LogP contribution in [0.5, 0.6) is 5.75 Å².